The van der Waals surface area contributed by atoms with E-state index in [2.05, 4.69) is 20.2 Å². The van der Waals surface area contributed by atoms with Crippen LogP contribution in [0.1, 0.15) is 40.8 Å². The molecule has 0 saturated carbocycles. The molecule has 1 aromatic carbocycles. The van der Waals surface area contributed by atoms with Gasteiger partial charge in [0.1, 0.15) is 5.82 Å². The molecule has 0 atom stereocenters. The van der Waals surface area contributed by atoms with Crippen LogP contribution in [0.25, 0.3) is 11.1 Å². The molecule has 4 rings (SSSR count). The van der Waals surface area contributed by atoms with E-state index in [1.54, 1.807) is 13.3 Å². The molecule has 144 valence electrons. The number of aromatic amines is 1. The predicted octanol–water partition coefficient (Wildman–Crippen LogP) is 3.20. The zero-order chi connectivity index (χ0) is 19.5. The molecule has 1 aliphatic heterocycles. The molecular weight excluding hydrogens is 354 g/mol. The Morgan fingerprint density at radius 1 is 1.18 bits per heavy atom. The van der Waals surface area contributed by atoms with Gasteiger partial charge in [-0.2, -0.15) is 5.10 Å². The number of rotatable bonds is 4. The third kappa shape index (κ3) is 3.74. The Labute approximate surface area is 163 Å². The largest absolute Gasteiger partial charge is 0.481 e. The number of aryl methyl sites for hydroxylation is 1. The molecule has 0 unspecified atom stereocenters. The molecule has 1 amide bonds. The van der Waals surface area contributed by atoms with E-state index in [9.17, 15) is 4.79 Å². The Bertz CT molecular complexity index is 959. The Morgan fingerprint density at radius 2 is 2.00 bits per heavy atom. The molecule has 1 fully saturated rings. The van der Waals surface area contributed by atoms with Crippen LogP contribution < -0.4 is 4.74 Å². The van der Waals surface area contributed by atoms with Crippen molar-refractivity contribution in [3.05, 3.63) is 59.8 Å². The van der Waals surface area contributed by atoms with Crippen molar-refractivity contribution in [3.8, 4) is 17.0 Å². The van der Waals surface area contributed by atoms with Gasteiger partial charge in [0.05, 0.1) is 7.11 Å². The zero-order valence-corrected chi connectivity index (χ0v) is 16.1. The van der Waals surface area contributed by atoms with Crippen LogP contribution in [0, 0.1) is 6.92 Å². The predicted molar refractivity (Wildman–Crippen MR) is 105 cm³/mol. The molecule has 7 nitrogen and oxygen atoms in total. The van der Waals surface area contributed by atoms with E-state index in [0.29, 0.717) is 30.5 Å². The molecule has 3 aromatic rings. The number of pyridine rings is 1. The van der Waals surface area contributed by atoms with Gasteiger partial charge in [-0.15, -0.1) is 0 Å². The SMILES string of the molecule is COc1ccc(-c2cccc(C(=O)N3CCC(c4n[nH]c(C)n4)CC3)c2)cn1. The van der Waals surface area contributed by atoms with Crippen molar-refractivity contribution in [2.45, 2.75) is 25.7 Å². The van der Waals surface area contributed by atoms with E-state index in [1.165, 1.54) is 0 Å². The van der Waals surface area contributed by atoms with Gasteiger partial charge in [-0.05, 0) is 43.5 Å². The topological polar surface area (TPSA) is 84.0 Å². The molecule has 3 heterocycles. The van der Waals surface area contributed by atoms with Crippen molar-refractivity contribution < 1.29 is 9.53 Å². The highest BCUT2D eigenvalue weighted by molar-refractivity contribution is 5.95. The number of nitrogens with zero attached hydrogens (tertiary/aromatic N) is 4. The third-order valence-electron chi connectivity index (χ3n) is 5.15. The number of carbonyl (C=O) groups is 1. The van der Waals surface area contributed by atoms with Gasteiger partial charge in [0, 0.05) is 42.4 Å². The average molecular weight is 377 g/mol. The minimum Gasteiger partial charge on any atom is -0.481 e. The first-order valence-corrected chi connectivity index (χ1v) is 9.42. The van der Waals surface area contributed by atoms with Gasteiger partial charge in [-0.1, -0.05) is 12.1 Å². The fourth-order valence-electron chi connectivity index (χ4n) is 3.57. The van der Waals surface area contributed by atoms with Gasteiger partial charge < -0.3 is 9.64 Å². The summed E-state index contributed by atoms with van der Waals surface area (Å²) in [6, 6.07) is 11.5. The number of nitrogens with one attached hydrogen (secondary N) is 1. The lowest BCUT2D eigenvalue weighted by Gasteiger charge is -2.31. The minimum atomic E-state index is 0.0629. The number of hydrogen-bond donors (Lipinski definition) is 1. The van der Waals surface area contributed by atoms with Crippen LogP contribution in [0.15, 0.2) is 42.6 Å². The van der Waals surface area contributed by atoms with E-state index in [1.807, 2.05) is 48.2 Å². The first-order chi connectivity index (χ1) is 13.6. The summed E-state index contributed by atoms with van der Waals surface area (Å²) in [5.41, 5.74) is 2.61. The number of H-pyrrole nitrogens is 1. The molecular formula is C21H23N5O2. The van der Waals surface area contributed by atoms with Gasteiger partial charge in [0.25, 0.3) is 5.91 Å². The van der Waals surface area contributed by atoms with E-state index in [-0.39, 0.29) is 5.91 Å². The molecule has 1 N–H and O–H groups in total. The Morgan fingerprint density at radius 3 is 2.64 bits per heavy atom. The molecule has 28 heavy (non-hydrogen) atoms. The van der Waals surface area contributed by atoms with Gasteiger partial charge in [-0.3, -0.25) is 9.89 Å². The number of likely N-dealkylation sites (tertiary alicyclic amines) is 1. The van der Waals surface area contributed by atoms with Gasteiger partial charge in [-0.25, -0.2) is 9.97 Å². The molecule has 1 aliphatic rings. The molecule has 1 saturated heterocycles. The number of benzene rings is 1. The second kappa shape index (κ2) is 7.80. The molecule has 0 spiro atoms. The summed E-state index contributed by atoms with van der Waals surface area (Å²) >= 11 is 0. The lowest BCUT2D eigenvalue weighted by molar-refractivity contribution is 0.0711. The highest BCUT2D eigenvalue weighted by Gasteiger charge is 2.26. The van der Waals surface area contributed by atoms with Crippen LogP contribution in [0.5, 0.6) is 5.88 Å². The highest BCUT2D eigenvalue weighted by Crippen LogP contribution is 2.27. The lowest BCUT2D eigenvalue weighted by atomic mass is 9.95. The fraction of sp³-hybridized carbons (Fsp3) is 0.333. The fourth-order valence-corrected chi connectivity index (χ4v) is 3.57. The second-order valence-corrected chi connectivity index (χ2v) is 7.02. The smallest absolute Gasteiger partial charge is 0.253 e. The Kier molecular flexibility index (Phi) is 5.06. The summed E-state index contributed by atoms with van der Waals surface area (Å²) in [6.45, 7) is 3.33. The summed E-state index contributed by atoms with van der Waals surface area (Å²) < 4.78 is 5.11. The number of ether oxygens (including phenoxy) is 1. The van der Waals surface area contributed by atoms with Crippen molar-refractivity contribution in [1.29, 1.82) is 0 Å². The zero-order valence-electron chi connectivity index (χ0n) is 16.1. The summed E-state index contributed by atoms with van der Waals surface area (Å²) in [4.78, 5) is 23.6. The minimum absolute atomic E-state index is 0.0629. The third-order valence-corrected chi connectivity index (χ3v) is 5.15. The highest BCUT2D eigenvalue weighted by atomic mass is 16.5. The van der Waals surface area contributed by atoms with Crippen LogP contribution in [-0.2, 0) is 0 Å². The van der Waals surface area contributed by atoms with Crippen molar-refractivity contribution in [1.82, 2.24) is 25.1 Å². The van der Waals surface area contributed by atoms with E-state index in [4.69, 9.17) is 4.74 Å². The maximum atomic E-state index is 13.0. The lowest BCUT2D eigenvalue weighted by Crippen LogP contribution is -2.38. The van der Waals surface area contributed by atoms with Gasteiger partial charge in [0.2, 0.25) is 5.88 Å². The summed E-state index contributed by atoms with van der Waals surface area (Å²) in [5, 5.41) is 7.17. The van der Waals surface area contributed by atoms with E-state index < -0.39 is 0 Å². The summed E-state index contributed by atoms with van der Waals surface area (Å²) in [7, 11) is 1.59. The van der Waals surface area contributed by atoms with Crippen LogP contribution in [0.3, 0.4) is 0 Å². The quantitative estimate of drug-likeness (QED) is 0.755. The van der Waals surface area contributed by atoms with Crippen LogP contribution >= 0.6 is 0 Å². The molecule has 7 heteroatoms. The number of hydrogen-bond acceptors (Lipinski definition) is 5. The number of carbonyl (C=O) groups excluding carboxylic acids is 1. The van der Waals surface area contributed by atoms with Gasteiger partial charge in [0.15, 0.2) is 5.82 Å². The standard InChI is InChI=1S/C21H23N5O2/c1-14-23-20(25-24-14)15-8-10-26(11-9-15)21(27)17-5-3-4-16(12-17)18-6-7-19(28-2)22-13-18/h3-7,12-13,15H,8-11H2,1-2H3,(H,23,24,25). The number of amides is 1. The molecule has 0 bridgehead atoms. The normalized spacial score (nSPS) is 14.9. The first kappa shape index (κ1) is 18.2. The number of aromatic nitrogens is 4. The maximum Gasteiger partial charge on any atom is 0.253 e. The molecule has 0 radical (unpaired) electrons. The number of piperidine rings is 1. The monoisotopic (exact) mass is 377 g/mol. The molecule has 0 aliphatic carbocycles. The second-order valence-electron chi connectivity index (χ2n) is 7.02. The van der Waals surface area contributed by atoms with Crippen molar-refractivity contribution >= 4 is 5.91 Å². The van der Waals surface area contributed by atoms with Crippen molar-refractivity contribution in [3.63, 3.8) is 0 Å². The average Bonchev–Trinajstić information content (AvgIpc) is 3.20. The maximum absolute atomic E-state index is 13.0. The Balaban J connectivity index is 1.45. The van der Waals surface area contributed by atoms with Crippen LogP contribution in [0.2, 0.25) is 0 Å². The van der Waals surface area contributed by atoms with Crippen LogP contribution in [0.4, 0.5) is 0 Å². The summed E-state index contributed by atoms with van der Waals surface area (Å²) in [6.07, 6.45) is 3.52. The first-order valence-electron chi connectivity index (χ1n) is 9.42. The van der Waals surface area contributed by atoms with E-state index in [0.717, 1.165) is 35.6 Å². The van der Waals surface area contributed by atoms with Gasteiger partial charge >= 0.3 is 0 Å². The Hall–Kier alpha value is -3.22. The van der Waals surface area contributed by atoms with E-state index >= 15 is 0 Å². The molecule has 2 aromatic heterocycles. The number of methoxy groups -OCH3 is 1. The van der Waals surface area contributed by atoms with Crippen molar-refractivity contribution in [2.24, 2.45) is 0 Å². The summed E-state index contributed by atoms with van der Waals surface area (Å²) in [5.74, 6) is 2.64. The van der Waals surface area contributed by atoms with Crippen molar-refractivity contribution in [2.75, 3.05) is 20.2 Å². The van der Waals surface area contributed by atoms with Crippen LogP contribution in [-0.4, -0.2) is 51.2 Å².